The number of hydrogen-bond acceptors (Lipinski definition) is 2. The molecule has 24 heavy (non-hydrogen) atoms. The minimum absolute atomic E-state index is 0.240. The third-order valence-corrected chi connectivity index (χ3v) is 4.07. The van der Waals surface area contributed by atoms with Crippen LogP contribution in [-0.4, -0.2) is 11.8 Å². The number of halogens is 1. The summed E-state index contributed by atoms with van der Waals surface area (Å²) in [4.78, 5) is 24.6. The molecule has 1 heterocycles. The van der Waals surface area contributed by atoms with Crippen molar-refractivity contribution in [1.29, 1.82) is 0 Å². The number of amides is 2. The van der Waals surface area contributed by atoms with Crippen LogP contribution in [0.4, 0.5) is 4.79 Å². The molecule has 1 aliphatic heterocycles. The Bertz CT molecular complexity index is 821. The molecule has 2 aromatic carbocycles. The molecule has 1 atom stereocenters. The number of urea groups is 1. The van der Waals surface area contributed by atoms with Gasteiger partial charge in [-0.2, -0.15) is 0 Å². The molecule has 0 radical (unpaired) electrons. The topological polar surface area (TPSA) is 58.2 Å². The number of ketones is 1. The lowest BCUT2D eigenvalue weighted by Gasteiger charge is -2.24. The van der Waals surface area contributed by atoms with Crippen LogP contribution in [0, 0.1) is 13.8 Å². The Morgan fingerprint density at radius 2 is 1.67 bits per heavy atom. The average Bonchev–Trinajstić information content (AvgIpc) is 2.53. The Balaban J connectivity index is 1.95. The molecule has 0 aromatic heterocycles. The lowest BCUT2D eigenvalue weighted by atomic mass is 9.98. The number of hydrogen-bond donors (Lipinski definition) is 2. The van der Waals surface area contributed by atoms with Crippen LogP contribution in [0.15, 0.2) is 54.2 Å². The molecule has 5 heteroatoms. The number of allylic oxidation sites excluding steroid dienone is 1. The van der Waals surface area contributed by atoms with E-state index in [4.69, 9.17) is 11.6 Å². The van der Waals surface area contributed by atoms with E-state index in [1.54, 1.807) is 30.3 Å². The highest BCUT2D eigenvalue weighted by Gasteiger charge is 2.24. The van der Waals surface area contributed by atoms with Gasteiger partial charge in [-0.1, -0.05) is 40.9 Å². The van der Waals surface area contributed by atoms with Gasteiger partial charge in [0.15, 0.2) is 0 Å². The van der Waals surface area contributed by atoms with Crippen LogP contribution in [0.1, 0.15) is 33.1 Å². The Hall–Kier alpha value is -2.59. The Morgan fingerprint density at radius 1 is 1.04 bits per heavy atom. The van der Waals surface area contributed by atoms with Gasteiger partial charge < -0.3 is 10.6 Å². The van der Waals surface area contributed by atoms with Gasteiger partial charge in [-0.25, -0.2) is 4.79 Å². The number of benzene rings is 2. The van der Waals surface area contributed by atoms with Crippen LogP contribution in [0.5, 0.6) is 0 Å². The van der Waals surface area contributed by atoms with Crippen LogP contribution < -0.4 is 10.6 Å². The Labute approximate surface area is 145 Å². The fourth-order valence-electron chi connectivity index (χ4n) is 2.81. The van der Waals surface area contributed by atoms with E-state index in [0.29, 0.717) is 10.6 Å². The largest absolute Gasteiger partial charge is 0.327 e. The van der Waals surface area contributed by atoms with Gasteiger partial charge in [0.25, 0.3) is 0 Å². The third kappa shape index (κ3) is 3.49. The van der Waals surface area contributed by atoms with E-state index in [2.05, 4.69) is 16.7 Å². The monoisotopic (exact) mass is 340 g/mol. The van der Waals surface area contributed by atoms with Crippen molar-refractivity contribution in [2.75, 3.05) is 0 Å². The number of rotatable bonds is 3. The molecule has 2 N–H and O–H groups in total. The summed E-state index contributed by atoms with van der Waals surface area (Å²) in [6, 6.07) is 11.9. The summed E-state index contributed by atoms with van der Waals surface area (Å²) in [5, 5.41) is 5.98. The summed E-state index contributed by atoms with van der Waals surface area (Å²) in [6.07, 6.45) is 1.74. The van der Waals surface area contributed by atoms with E-state index >= 15 is 0 Å². The van der Waals surface area contributed by atoms with Gasteiger partial charge in [0, 0.05) is 10.6 Å². The average molecular weight is 341 g/mol. The van der Waals surface area contributed by atoms with Crippen molar-refractivity contribution in [2.45, 2.75) is 19.9 Å². The quantitative estimate of drug-likeness (QED) is 0.827. The van der Waals surface area contributed by atoms with Gasteiger partial charge in [-0.05, 0) is 49.8 Å². The van der Waals surface area contributed by atoms with E-state index in [9.17, 15) is 9.59 Å². The molecule has 0 spiro atoms. The van der Waals surface area contributed by atoms with Crippen LogP contribution in [0.2, 0.25) is 5.02 Å². The molecule has 0 fully saturated rings. The molecule has 0 saturated carbocycles. The predicted octanol–water partition coefficient (Wildman–Crippen LogP) is 4.08. The van der Waals surface area contributed by atoms with Crippen molar-refractivity contribution < 1.29 is 9.59 Å². The first kappa shape index (κ1) is 16.3. The van der Waals surface area contributed by atoms with Gasteiger partial charge in [0.2, 0.25) is 5.78 Å². The zero-order valence-electron chi connectivity index (χ0n) is 13.4. The first-order chi connectivity index (χ1) is 11.4. The van der Waals surface area contributed by atoms with Crippen LogP contribution in [0.25, 0.3) is 0 Å². The summed E-state index contributed by atoms with van der Waals surface area (Å²) >= 11 is 5.85. The molecule has 122 valence electrons. The first-order valence-electron chi connectivity index (χ1n) is 7.60. The number of Topliss-reactive ketones (excluding diaryl/α,β-unsaturated/α-hetero) is 1. The second-order valence-corrected chi connectivity index (χ2v) is 6.35. The lowest BCUT2D eigenvalue weighted by Crippen LogP contribution is -2.43. The van der Waals surface area contributed by atoms with Crippen molar-refractivity contribution in [3.05, 3.63) is 81.5 Å². The smallest absolute Gasteiger partial charge is 0.320 e. The molecular weight excluding hydrogens is 324 g/mol. The van der Waals surface area contributed by atoms with Crippen LogP contribution >= 0.6 is 11.6 Å². The summed E-state index contributed by atoms with van der Waals surface area (Å²) in [5.74, 6) is -0.240. The number of nitrogens with one attached hydrogen (secondary N) is 2. The van der Waals surface area contributed by atoms with Crippen molar-refractivity contribution in [3.63, 3.8) is 0 Å². The molecule has 4 nitrogen and oxygen atoms in total. The highest BCUT2D eigenvalue weighted by molar-refractivity contribution is 6.30. The van der Waals surface area contributed by atoms with Gasteiger partial charge in [-0.3, -0.25) is 4.79 Å². The highest BCUT2D eigenvalue weighted by atomic mass is 35.5. The molecular formula is C19H17ClN2O2. The van der Waals surface area contributed by atoms with E-state index in [-0.39, 0.29) is 23.6 Å². The SMILES string of the molecule is Cc1cc(C)cc(C2C=C(C(=O)c3ccc(Cl)cc3)NC(=O)N2)c1. The predicted molar refractivity (Wildman–Crippen MR) is 94.2 cm³/mol. The van der Waals surface area contributed by atoms with Crippen LogP contribution in [0.3, 0.4) is 0 Å². The maximum Gasteiger partial charge on any atom is 0.320 e. The normalized spacial score (nSPS) is 16.9. The second-order valence-electron chi connectivity index (χ2n) is 5.91. The summed E-state index contributed by atoms with van der Waals surface area (Å²) in [5.41, 5.74) is 3.91. The number of aryl methyl sites for hydroxylation is 2. The number of carbonyl (C=O) groups excluding carboxylic acids is 2. The summed E-state index contributed by atoms with van der Waals surface area (Å²) < 4.78 is 0. The second kappa shape index (κ2) is 6.49. The maximum absolute atomic E-state index is 12.6. The fraction of sp³-hybridized carbons (Fsp3) is 0.158. The summed E-state index contributed by atoms with van der Waals surface area (Å²) in [6.45, 7) is 4.01. The Kier molecular flexibility index (Phi) is 4.40. The van der Waals surface area contributed by atoms with E-state index in [0.717, 1.165) is 16.7 Å². The molecule has 0 saturated heterocycles. The van der Waals surface area contributed by atoms with Crippen molar-refractivity contribution >= 4 is 23.4 Å². The zero-order chi connectivity index (χ0) is 17.3. The molecule has 2 aromatic rings. The molecule has 3 rings (SSSR count). The fourth-order valence-corrected chi connectivity index (χ4v) is 2.93. The third-order valence-electron chi connectivity index (χ3n) is 3.82. The van der Waals surface area contributed by atoms with Gasteiger partial charge in [-0.15, -0.1) is 0 Å². The first-order valence-corrected chi connectivity index (χ1v) is 7.98. The van der Waals surface area contributed by atoms with Crippen molar-refractivity contribution in [3.8, 4) is 0 Å². The van der Waals surface area contributed by atoms with Gasteiger partial charge >= 0.3 is 6.03 Å². The molecule has 2 amide bonds. The van der Waals surface area contributed by atoms with Crippen molar-refractivity contribution in [1.82, 2.24) is 10.6 Å². The highest BCUT2D eigenvalue weighted by Crippen LogP contribution is 2.23. The van der Waals surface area contributed by atoms with E-state index in [1.165, 1.54) is 0 Å². The maximum atomic E-state index is 12.6. The van der Waals surface area contributed by atoms with Gasteiger partial charge in [0.1, 0.15) is 0 Å². The molecule has 0 aliphatic carbocycles. The Morgan fingerprint density at radius 3 is 2.29 bits per heavy atom. The van der Waals surface area contributed by atoms with E-state index in [1.807, 2.05) is 26.0 Å². The molecule has 1 unspecified atom stereocenters. The number of carbonyl (C=O) groups is 2. The van der Waals surface area contributed by atoms with Crippen LogP contribution in [-0.2, 0) is 0 Å². The standard InChI is InChI=1S/C19H17ClN2O2/c1-11-7-12(2)9-14(8-11)16-10-17(22-19(24)21-16)18(23)13-3-5-15(20)6-4-13/h3-10,16H,1-2H3,(H2,21,22,24). The van der Waals surface area contributed by atoms with Crippen molar-refractivity contribution in [2.24, 2.45) is 0 Å². The minimum Gasteiger partial charge on any atom is -0.327 e. The van der Waals surface area contributed by atoms with E-state index < -0.39 is 0 Å². The van der Waals surface area contributed by atoms with Gasteiger partial charge in [0.05, 0.1) is 11.7 Å². The zero-order valence-corrected chi connectivity index (χ0v) is 14.1. The lowest BCUT2D eigenvalue weighted by molar-refractivity contribution is 0.102. The molecule has 1 aliphatic rings. The molecule has 0 bridgehead atoms. The minimum atomic E-state index is -0.390. The summed E-state index contributed by atoms with van der Waals surface area (Å²) in [7, 11) is 0.